The molecule has 3 aromatic heterocycles. The second-order valence-corrected chi connectivity index (χ2v) is 12.2. The van der Waals surface area contributed by atoms with Crippen molar-refractivity contribution in [3.05, 3.63) is 76.6 Å². The lowest BCUT2D eigenvalue weighted by Gasteiger charge is -2.29. The molecule has 1 saturated heterocycles. The minimum absolute atomic E-state index is 0.330. The van der Waals surface area contributed by atoms with Crippen LogP contribution >= 0.6 is 22.9 Å². The molecule has 0 aliphatic carbocycles. The van der Waals surface area contributed by atoms with Crippen LogP contribution in [0, 0.1) is 5.92 Å². The fourth-order valence-electron chi connectivity index (χ4n) is 5.32. The Morgan fingerprint density at radius 3 is 2.69 bits per heavy atom. The van der Waals surface area contributed by atoms with Crippen LogP contribution in [-0.2, 0) is 7.05 Å². The Balaban J connectivity index is 1.22. The van der Waals surface area contributed by atoms with Crippen molar-refractivity contribution in [3.63, 3.8) is 0 Å². The van der Waals surface area contributed by atoms with Crippen LogP contribution in [0.3, 0.4) is 0 Å². The number of aromatic nitrogens is 4. The normalized spacial score (nSPS) is 15.2. The number of rotatable bonds is 9. The van der Waals surface area contributed by atoms with E-state index in [4.69, 9.17) is 26.8 Å². The molecule has 42 heavy (non-hydrogen) atoms. The number of imidazole rings is 1. The van der Waals surface area contributed by atoms with Gasteiger partial charge in [0, 0.05) is 30.4 Å². The maximum atomic E-state index is 12.4. The van der Waals surface area contributed by atoms with Gasteiger partial charge in [-0.2, -0.15) is 5.10 Å². The zero-order valence-corrected chi connectivity index (χ0v) is 25.4. The van der Waals surface area contributed by atoms with Crippen LogP contribution in [0.4, 0.5) is 0 Å². The van der Waals surface area contributed by atoms with E-state index in [0.717, 1.165) is 58.7 Å². The molecule has 9 nitrogen and oxygen atoms in total. The fraction of sp³-hybridized carbons (Fsp3) is 0.323. The number of fused-ring (bicyclic) bond motifs is 1. The van der Waals surface area contributed by atoms with Gasteiger partial charge in [-0.25, -0.2) is 4.98 Å². The molecule has 5 aromatic rings. The number of likely N-dealkylation sites (tertiary alicyclic amines) is 1. The topological polar surface area (TPSA) is 100 Å². The molecule has 0 spiro atoms. The predicted molar refractivity (Wildman–Crippen MR) is 166 cm³/mol. The maximum absolute atomic E-state index is 12.4. The third kappa shape index (κ3) is 5.74. The lowest BCUT2D eigenvalue weighted by Crippen LogP contribution is -2.32. The van der Waals surface area contributed by atoms with Crippen molar-refractivity contribution >= 4 is 39.9 Å². The highest BCUT2D eigenvalue weighted by atomic mass is 35.5. The minimum atomic E-state index is -0.557. The average molecular weight is 605 g/mol. The van der Waals surface area contributed by atoms with Gasteiger partial charge in [0.2, 0.25) is 0 Å². The lowest BCUT2D eigenvalue weighted by molar-refractivity contribution is 0.0998. The third-order valence-electron chi connectivity index (χ3n) is 7.78. The van der Waals surface area contributed by atoms with E-state index in [1.807, 2.05) is 73.4 Å². The zero-order valence-electron chi connectivity index (χ0n) is 23.8. The van der Waals surface area contributed by atoms with E-state index in [9.17, 15) is 4.79 Å². The van der Waals surface area contributed by atoms with Crippen molar-refractivity contribution in [1.29, 1.82) is 0 Å². The summed E-state index contributed by atoms with van der Waals surface area (Å²) in [5.41, 5.74) is 10.3. The van der Waals surface area contributed by atoms with Gasteiger partial charge in [0.15, 0.2) is 0 Å². The van der Waals surface area contributed by atoms with E-state index in [1.54, 1.807) is 11.0 Å². The molecule has 1 atom stereocenters. The van der Waals surface area contributed by atoms with Crippen molar-refractivity contribution in [2.75, 3.05) is 26.7 Å². The molecule has 0 radical (unpaired) electrons. The quantitative estimate of drug-likeness (QED) is 0.218. The number of carbonyl (C=O) groups is 1. The van der Waals surface area contributed by atoms with Crippen LogP contribution in [0.5, 0.6) is 11.5 Å². The summed E-state index contributed by atoms with van der Waals surface area (Å²) in [7, 11) is 4.04. The molecule has 1 aliphatic heterocycles. The molecule has 2 N–H and O–H groups in total. The predicted octanol–water partition coefficient (Wildman–Crippen LogP) is 6.10. The Kier molecular flexibility index (Phi) is 7.94. The van der Waals surface area contributed by atoms with Gasteiger partial charge < -0.3 is 20.1 Å². The number of hydrogen-bond donors (Lipinski definition) is 1. The van der Waals surface area contributed by atoms with Crippen LogP contribution in [0.1, 0.15) is 41.1 Å². The molecule has 4 heterocycles. The molecular weight excluding hydrogens is 572 g/mol. The van der Waals surface area contributed by atoms with Crippen molar-refractivity contribution in [3.8, 4) is 27.6 Å². The number of carbonyl (C=O) groups excluding carboxylic acids is 1. The maximum Gasteiger partial charge on any atom is 0.262 e. The summed E-state index contributed by atoms with van der Waals surface area (Å²) >= 11 is 8.06. The molecule has 1 unspecified atom stereocenters. The zero-order chi connectivity index (χ0) is 29.4. The molecule has 1 amide bonds. The van der Waals surface area contributed by atoms with Crippen molar-refractivity contribution < 1.29 is 14.3 Å². The molecule has 6 rings (SSSR count). The number of nitrogens with zero attached hydrogens (tertiary/aromatic N) is 5. The van der Waals surface area contributed by atoms with E-state index in [1.165, 1.54) is 11.3 Å². The number of benzene rings is 2. The molecule has 1 aliphatic rings. The summed E-state index contributed by atoms with van der Waals surface area (Å²) in [5, 5.41) is 5.54. The number of piperidine rings is 1. The number of amides is 1. The SMILES string of the molecule is CC(Oc1cc(-n2cnc3cc(-c4cnn(C)c4)ccc32)sc1C(N)=O)c1cccc(OCC2CCN(C)CC2)c1Cl. The van der Waals surface area contributed by atoms with Crippen molar-refractivity contribution in [2.24, 2.45) is 18.7 Å². The number of halogens is 1. The number of thiophene rings is 1. The van der Waals surface area contributed by atoms with Gasteiger partial charge in [-0.15, -0.1) is 11.3 Å². The number of nitrogens with two attached hydrogens (primary N) is 1. The third-order valence-corrected chi connectivity index (χ3v) is 9.31. The monoisotopic (exact) mass is 604 g/mol. The molecule has 218 valence electrons. The number of hydrogen-bond acceptors (Lipinski definition) is 7. The molecule has 11 heteroatoms. The molecule has 0 bridgehead atoms. The number of primary amides is 1. The van der Waals surface area contributed by atoms with E-state index in [-0.39, 0.29) is 0 Å². The first-order chi connectivity index (χ1) is 20.3. The second kappa shape index (κ2) is 11.8. The highest BCUT2D eigenvalue weighted by Crippen LogP contribution is 2.39. The number of ether oxygens (including phenoxy) is 2. The Morgan fingerprint density at radius 1 is 1.14 bits per heavy atom. The van der Waals surface area contributed by atoms with E-state index in [0.29, 0.717) is 33.9 Å². The molecular formula is C31H33ClN6O3S. The van der Waals surface area contributed by atoms with Gasteiger partial charge in [-0.1, -0.05) is 29.8 Å². The van der Waals surface area contributed by atoms with E-state index < -0.39 is 12.0 Å². The first kappa shape index (κ1) is 28.3. The van der Waals surface area contributed by atoms with Crippen molar-refractivity contribution in [1.82, 2.24) is 24.2 Å². The standard InChI is InChI=1S/C31H33ClN6O3S/c1-19(23-5-4-6-26(29(23)32)40-17-20-9-11-36(2)12-10-20)41-27-14-28(42-30(27)31(33)39)38-18-34-24-13-21(7-8-25(24)38)22-15-35-37(3)16-22/h4-8,13-16,18-20H,9-12,17H2,1-3H3,(H2,33,39). The summed E-state index contributed by atoms with van der Waals surface area (Å²) < 4.78 is 16.2. The Morgan fingerprint density at radius 2 is 1.95 bits per heavy atom. The summed E-state index contributed by atoms with van der Waals surface area (Å²) in [6.07, 6.45) is 7.30. The van der Waals surface area contributed by atoms with Crippen molar-refractivity contribution in [2.45, 2.75) is 25.9 Å². The first-order valence-electron chi connectivity index (χ1n) is 13.9. The van der Waals surface area contributed by atoms with Crippen LogP contribution in [0.2, 0.25) is 5.02 Å². The second-order valence-electron chi connectivity index (χ2n) is 10.8. The van der Waals surface area contributed by atoms with Gasteiger partial charge in [0.25, 0.3) is 5.91 Å². The summed E-state index contributed by atoms with van der Waals surface area (Å²) in [5.74, 6) is 0.994. The summed E-state index contributed by atoms with van der Waals surface area (Å²) in [6, 6.07) is 13.6. The highest BCUT2D eigenvalue weighted by Gasteiger charge is 2.23. The Bertz CT molecular complexity index is 1740. The summed E-state index contributed by atoms with van der Waals surface area (Å²) in [6.45, 7) is 4.70. The van der Waals surface area contributed by atoms with E-state index in [2.05, 4.69) is 22.0 Å². The van der Waals surface area contributed by atoms with E-state index >= 15 is 0 Å². The van der Waals surface area contributed by atoms with Gasteiger partial charge >= 0.3 is 0 Å². The van der Waals surface area contributed by atoms with Crippen LogP contribution in [0.15, 0.2) is 61.2 Å². The van der Waals surface area contributed by atoms with Crippen LogP contribution in [0.25, 0.3) is 27.2 Å². The van der Waals surface area contributed by atoms with Crippen LogP contribution < -0.4 is 15.2 Å². The smallest absolute Gasteiger partial charge is 0.262 e. The largest absolute Gasteiger partial charge is 0.492 e. The van der Waals surface area contributed by atoms with Gasteiger partial charge in [0.05, 0.1) is 28.9 Å². The Hall–Kier alpha value is -3.86. The van der Waals surface area contributed by atoms with Gasteiger partial charge in [0.1, 0.15) is 33.8 Å². The Labute approximate surface area is 253 Å². The van der Waals surface area contributed by atoms with Crippen LogP contribution in [-0.4, -0.2) is 56.9 Å². The fourth-order valence-corrected chi connectivity index (χ4v) is 6.58. The molecule has 2 aromatic carbocycles. The van der Waals surface area contributed by atoms with Gasteiger partial charge in [-0.3, -0.25) is 14.0 Å². The highest BCUT2D eigenvalue weighted by molar-refractivity contribution is 7.16. The van der Waals surface area contributed by atoms with Gasteiger partial charge in [-0.05, 0) is 69.6 Å². The first-order valence-corrected chi connectivity index (χ1v) is 15.1. The average Bonchev–Trinajstić information content (AvgIpc) is 3.71. The summed E-state index contributed by atoms with van der Waals surface area (Å²) in [4.78, 5) is 19.7. The molecule has 0 saturated carbocycles. The minimum Gasteiger partial charge on any atom is -0.492 e. The molecule has 1 fully saturated rings. The lowest BCUT2D eigenvalue weighted by atomic mass is 9.98. The number of aryl methyl sites for hydroxylation is 1.